The summed E-state index contributed by atoms with van der Waals surface area (Å²) in [5.41, 5.74) is 0.496. The number of esters is 1. The number of benzene rings is 1. The van der Waals surface area contributed by atoms with Gasteiger partial charge in [0, 0.05) is 9.61 Å². The van der Waals surface area contributed by atoms with E-state index in [9.17, 15) is 9.59 Å². The molecule has 0 radical (unpaired) electrons. The van der Waals surface area contributed by atoms with Crippen molar-refractivity contribution in [2.75, 3.05) is 6.61 Å². The van der Waals surface area contributed by atoms with E-state index in [0.717, 1.165) is 16.4 Å². The highest BCUT2D eigenvalue weighted by Crippen LogP contribution is 2.29. The highest BCUT2D eigenvalue weighted by molar-refractivity contribution is 14.1. The van der Waals surface area contributed by atoms with Crippen LogP contribution < -0.4 is 5.32 Å². The van der Waals surface area contributed by atoms with Crippen molar-refractivity contribution >= 4 is 34.5 Å². The predicted octanol–water partition coefficient (Wildman–Crippen LogP) is 3.39. The van der Waals surface area contributed by atoms with Crippen molar-refractivity contribution in [3.63, 3.8) is 0 Å². The van der Waals surface area contributed by atoms with E-state index >= 15 is 0 Å². The largest absolute Gasteiger partial charge is 0.452 e. The molecular formula is C17H22INO3. The number of ether oxygens (including phenoxy) is 1. The zero-order valence-corrected chi connectivity index (χ0v) is 15.1. The molecular weight excluding hydrogens is 393 g/mol. The lowest BCUT2D eigenvalue weighted by molar-refractivity contribution is -0.125. The van der Waals surface area contributed by atoms with E-state index in [0.29, 0.717) is 17.4 Å². The van der Waals surface area contributed by atoms with Crippen LogP contribution in [0.5, 0.6) is 0 Å². The van der Waals surface area contributed by atoms with Gasteiger partial charge in [0.2, 0.25) is 0 Å². The lowest BCUT2D eigenvalue weighted by atomic mass is 9.78. The van der Waals surface area contributed by atoms with Gasteiger partial charge in [0.25, 0.3) is 5.91 Å². The first-order chi connectivity index (χ1) is 10.5. The van der Waals surface area contributed by atoms with Crippen molar-refractivity contribution in [2.45, 2.75) is 39.2 Å². The Labute approximate surface area is 145 Å². The highest BCUT2D eigenvalue weighted by Gasteiger charge is 2.28. The number of carbonyl (C=O) groups is 2. The lowest BCUT2D eigenvalue weighted by Crippen LogP contribution is -2.45. The molecule has 22 heavy (non-hydrogen) atoms. The summed E-state index contributed by atoms with van der Waals surface area (Å²) in [7, 11) is 0. The molecule has 1 aliphatic rings. The van der Waals surface area contributed by atoms with E-state index < -0.39 is 5.97 Å². The molecule has 0 aromatic heterocycles. The Balaban J connectivity index is 1.83. The minimum absolute atomic E-state index is 0.187. The maximum absolute atomic E-state index is 12.0. The van der Waals surface area contributed by atoms with Crippen molar-refractivity contribution in [3.05, 3.63) is 33.4 Å². The highest BCUT2D eigenvalue weighted by atomic mass is 127. The number of carbonyl (C=O) groups excluding carboxylic acids is 2. The summed E-state index contributed by atoms with van der Waals surface area (Å²) in [4.78, 5) is 24.0. The molecule has 1 amide bonds. The molecule has 1 saturated carbocycles. The number of halogens is 1. The molecule has 1 fully saturated rings. The van der Waals surface area contributed by atoms with Crippen LogP contribution in [0.1, 0.15) is 43.5 Å². The van der Waals surface area contributed by atoms with Crippen LogP contribution in [0.3, 0.4) is 0 Å². The summed E-state index contributed by atoms with van der Waals surface area (Å²) in [6, 6.07) is 7.36. The maximum atomic E-state index is 12.0. The summed E-state index contributed by atoms with van der Waals surface area (Å²) in [5, 5.41) is 3.00. The SMILES string of the molecule is C[C@@H]1[C@@H](C)CCC[C@H]1NC(=O)COC(=O)c1ccccc1I. The van der Waals surface area contributed by atoms with E-state index in [2.05, 4.69) is 41.8 Å². The Morgan fingerprint density at radius 2 is 2.00 bits per heavy atom. The molecule has 1 aliphatic carbocycles. The van der Waals surface area contributed by atoms with Crippen LogP contribution in [0.25, 0.3) is 0 Å². The molecule has 0 heterocycles. The third-order valence-corrected chi connectivity index (χ3v) is 5.42. The molecule has 0 bridgehead atoms. The first-order valence-corrected chi connectivity index (χ1v) is 8.78. The molecule has 2 rings (SSSR count). The molecule has 120 valence electrons. The average Bonchev–Trinajstić information content (AvgIpc) is 2.50. The van der Waals surface area contributed by atoms with Crippen LogP contribution in [-0.4, -0.2) is 24.5 Å². The van der Waals surface area contributed by atoms with Gasteiger partial charge in [-0.05, 0) is 53.0 Å². The molecule has 1 aromatic rings. The minimum atomic E-state index is -0.454. The zero-order valence-electron chi connectivity index (χ0n) is 13.0. The second-order valence-electron chi connectivity index (χ2n) is 6.00. The van der Waals surface area contributed by atoms with Crippen molar-refractivity contribution in [1.82, 2.24) is 5.32 Å². The fraction of sp³-hybridized carbons (Fsp3) is 0.529. The minimum Gasteiger partial charge on any atom is -0.452 e. The number of rotatable bonds is 4. The zero-order chi connectivity index (χ0) is 16.1. The maximum Gasteiger partial charge on any atom is 0.339 e. The third-order valence-electron chi connectivity index (χ3n) is 4.48. The third kappa shape index (κ3) is 4.44. The van der Waals surface area contributed by atoms with Crippen LogP contribution in [-0.2, 0) is 9.53 Å². The molecule has 1 aromatic carbocycles. The number of nitrogens with one attached hydrogen (secondary N) is 1. The van der Waals surface area contributed by atoms with Crippen LogP contribution >= 0.6 is 22.6 Å². The van der Waals surface area contributed by atoms with Gasteiger partial charge in [-0.2, -0.15) is 0 Å². The Hall–Kier alpha value is -1.11. The summed E-state index contributed by atoms with van der Waals surface area (Å²) in [6.45, 7) is 4.18. The second kappa shape index (κ2) is 7.94. The Morgan fingerprint density at radius 1 is 1.27 bits per heavy atom. The number of hydrogen-bond donors (Lipinski definition) is 1. The Morgan fingerprint density at radius 3 is 2.73 bits per heavy atom. The van der Waals surface area contributed by atoms with Gasteiger partial charge in [0.1, 0.15) is 0 Å². The molecule has 0 unspecified atom stereocenters. The average molecular weight is 415 g/mol. The van der Waals surface area contributed by atoms with Crippen molar-refractivity contribution in [1.29, 1.82) is 0 Å². The summed E-state index contributed by atoms with van der Waals surface area (Å²) in [5.74, 6) is 0.409. The molecule has 5 heteroatoms. The van der Waals surface area contributed by atoms with Gasteiger partial charge in [-0.3, -0.25) is 4.79 Å². The Kier molecular flexibility index (Phi) is 6.23. The van der Waals surface area contributed by atoms with Crippen molar-refractivity contribution < 1.29 is 14.3 Å². The smallest absolute Gasteiger partial charge is 0.339 e. The van der Waals surface area contributed by atoms with Gasteiger partial charge in [0.15, 0.2) is 6.61 Å². The van der Waals surface area contributed by atoms with Gasteiger partial charge in [-0.1, -0.05) is 38.8 Å². The first-order valence-electron chi connectivity index (χ1n) is 7.70. The van der Waals surface area contributed by atoms with Crippen LogP contribution in [0, 0.1) is 15.4 Å². The van der Waals surface area contributed by atoms with E-state index in [1.807, 2.05) is 12.1 Å². The van der Waals surface area contributed by atoms with E-state index in [1.165, 1.54) is 6.42 Å². The van der Waals surface area contributed by atoms with E-state index in [4.69, 9.17) is 4.74 Å². The summed E-state index contributed by atoms with van der Waals surface area (Å²) >= 11 is 2.08. The van der Waals surface area contributed by atoms with Gasteiger partial charge >= 0.3 is 5.97 Å². The van der Waals surface area contributed by atoms with E-state index in [-0.39, 0.29) is 18.6 Å². The van der Waals surface area contributed by atoms with Crippen LogP contribution in [0.15, 0.2) is 24.3 Å². The summed E-state index contributed by atoms with van der Waals surface area (Å²) < 4.78 is 5.94. The van der Waals surface area contributed by atoms with Gasteiger partial charge in [-0.15, -0.1) is 0 Å². The summed E-state index contributed by atoms with van der Waals surface area (Å²) in [6.07, 6.45) is 3.36. The first kappa shape index (κ1) is 17.2. The second-order valence-corrected chi connectivity index (χ2v) is 7.16. The molecule has 4 nitrogen and oxygen atoms in total. The standard InChI is InChI=1S/C17H22INO3/c1-11-6-5-9-15(12(11)2)19-16(20)10-22-17(21)13-7-3-4-8-14(13)18/h3-4,7-8,11-12,15H,5-6,9-10H2,1-2H3,(H,19,20)/t11-,12+,15+/m0/s1. The van der Waals surface area contributed by atoms with Gasteiger partial charge in [0.05, 0.1) is 5.56 Å². The van der Waals surface area contributed by atoms with Gasteiger partial charge < -0.3 is 10.1 Å². The molecule has 1 N–H and O–H groups in total. The lowest BCUT2D eigenvalue weighted by Gasteiger charge is -2.34. The van der Waals surface area contributed by atoms with Crippen molar-refractivity contribution in [3.8, 4) is 0 Å². The van der Waals surface area contributed by atoms with Crippen molar-refractivity contribution in [2.24, 2.45) is 11.8 Å². The fourth-order valence-corrected chi connectivity index (χ4v) is 3.48. The Bertz CT molecular complexity index is 546. The van der Waals surface area contributed by atoms with Gasteiger partial charge in [-0.25, -0.2) is 4.79 Å². The molecule has 0 aliphatic heterocycles. The van der Waals surface area contributed by atoms with Crippen LogP contribution in [0.4, 0.5) is 0 Å². The molecule has 0 spiro atoms. The van der Waals surface area contributed by atoms with Crippen LogP contribution in [0.2, 0.25) is 0 Å². The predicted molar refractivity (Wildman–Crippen MR) is 93.6 cm³/mol. The van der Waals surface area contributed by atoms with E-state index in [1.54, 1.807) is 12.1 Å². The molecule has 0 saturated heterocycles. The fourth-order valence-electron chi connectivity index (χ4n) is 2.87. The molecule has 3 atom stereocenters. The quantitative estimate of drug-likeness (QED) is 0.606. The normalized spacial score (nSPS) is 24.6. The number of hydrogen-bond acceptors (Lipinski definition) is 3. The number of amides is 1. The topological polar surface area (TPSA) is 55.4 Å². The monoisotopic (exact) mass is 415 g/mol.